The van der Waals surface area contributed by atoms with Gasteiger partial charge in [-0.25, -0.2) is 4.79 Å². The van der Waals surface area contributed by atoms with Gasteiger partial charge < -0.3 is 10.2 Å². The average molecular weight is 232 g/mol. The Morgan fingerprint density at radius 1 is 1.35 bits per heavy atom. The molecule has 0 unspecified atom stereocenters. The van der Waals surface area contributed by atoms with Crippen molar-refractivity contribution in [3.8, 4) is 0 Å². The Balaban J connectivity index is 2.24. The predicted molar refractivity (Wildman–Crippen MR) is 60.7 cm³/mol. The van der Waals surface area contributed by atoms with E-state index in [1.807, 2.05) is 6.07 Å². The van der Waals surface area contributed by atoms with E-state index in [1.165, 1.54) is 0 Å². The zero-order valence-electron chi connectivity index (χ0n) is 9.08. The zero-order valence-corrected chi connectivity index (χ0v) is 9.08. The van der Waals surface area contributed by atoms with Crippen LogP contribution >= 0.6 is 0 Å². The van der Waals surface area contributed by atoms with Crippen LogP contribution in [0, 0.1) is 0 Å². The Morgan fingerprint density at radius 3 is 2.88 bits per heavy atom. The van der Waals surface area contributed by atoms with Crippen LogP contribution in [0.15, 0.2) is 36.5 Å². The Labute approximate surface area is 97.9 Å². The molecule has 0 fully saturated rings. The fourth-order valence-electron chi connectivity index (χ4n) is 1.61. The molecule has 1 heterocycles. The summed E-state index contributed by atoms with van der Waals surface area (Å²) >= 11 is 0. The van der Waals surface area contributed by atoms with E-state index in [0.29, 0.717) is 12.2 Å². The fourth-order valence-corrected chi connectivity index (χ4v) is 1.61. The summed E-state index contributed by atoms with van der Waals surface area (Å²) in [7, 11) is 0. The van der Waals surface area contributed by atoms with E-state index in [1.54, 1.807) is 35.1 Å². The number of aliphatic hydroxyl groups excluding tert-OH is 1. The smallest absolute Gasteiger partial charge is 0.335 e. The molecule has 0 amide bonds. The van der Waals surface area contributed by atoms with Crippen molar-refractivity contribution in [2.45, 2.75) is 13.2 Å². The molecule has 0 radical (unpaired) electrons. The summed E-state index contributed by atoms with van der Waals surface area (Å²) in [5.74, 6) is -0.949. The molecule has 0 saturated carbocycles. The van der Waals surface area contributed by atoms with Crippen molar-refractivity contribution >= 4 is 5.97 Å². The summed E-state index contributed by atoms with van der Waals surface area (Å²) in [6, 6.07) is 8.39. The summed E-state index contributed by atoms with van der Waals surface area (Å²) in [4.78, 5) is 10.8. The third-order valence-electron chi connectivity index (χ3n) is 2.47. The van der Waals surface area contributed by atoms with Gasteiger partial charge in [-0.1, -0.05) is 12.1 Å². The fraction of sp³-hybridized carbons (Fsp3) is 0.167. The van der Waals surface area contributed by atoms with Crippen LogP contribution in [0.4, 0.5) is 0 Å². The zero-order chi connectivity index (χ0) is 12.3. The Kier molecular flexibility index (Phi) is 3.20. The summed E-state index contributed by atoms with van der Waals surface area (Å²) in [5.41, 5.74) is 1.79. The number of benzene rings is 1. The van der Waals surface area contributed by atoms with Crippen molar-refractivity contribution < 1.29 is 15.0 Å². The van der Waals surface area contributed by atoms with Crippen LogP contribution in [0.2, 0.25) is 0 Å². The van der Waals surface area contributed by atoms with Gasteiger partial charge in [-0.2, -0.15) is 5.10 Å². The minimum atomic E-state index is -0.949. The number of aromatic carboxylic acids is 1. The van der Waals surface area contributed by atoms with E-state index >= 15 is 0 Å². The standard InChI is InChI=1S/C12H12N2O3/c15-8-11-4-5-13-14(11)7-9-2-1-3-10(6-9)12(16)17/h1-6,15H,7-8H2,(H,16,17). The topological polar surface area (TPSA) is 75.3 Å². The normalized spacial score (nSPS) is 10.4. The molecule has 1 aromatic heterocycles. The van der Waals surface area contributed by atoms with Crippen LogP contribution in [-0.2, 0) is 13.2 Å². The maximum absolute atomic E-state index is 10.8. The third-order valence-corrected chi connectivity index (χ3v) is 2.47. The van der Waals surface area contributed by atoms with E-state index < -0.39 is 5.97 Å². The summed E-state index contributed by atoms with van der Waals surface area (Å²) in [5, 5.41) is 22.0. The number of hydrogen-bond donors (Lipinski definition) is 2. The van der Waals surface area contributed by atoms with Gasteiger partial charge >= 0.3 is 5.97 Å². The molecule has 88 valence electrons. The van der Waals surface area contributed by atoms with Crippen LogP contribution in [0.3, 0.4) is 0 Å². The van der Waals surface area contributed by atoms with Crippen molar-refractivity contribution in [2.24, 2.45) is 0 Å². The molecule has 2 aromatic rings. The van der Waals surface area contributed by atoms with Crippen molar-refractivity contribution in [1.82, 2.24) is 9.78 Å². The molecule has 5 nitrogen and oxygen atoms in total. The van der Waals surface area contributed by atoms with Gasteiger partial charge in [-0.3, -0.25) is 4.68 Å². The molecule has 0 bridgehead atoms. The van der Waals surface area contributed by atoms with Crippen LogP contribution in [0.25, 0.3) is 0 Å². The Hall–Kier alpha value is -2.14. The molecule has 5 heteroatoms. The Bertz CT molecular complexity index is 534. The molecule has 17 heavy (non-hydrogen) atoms. The first-order valence-electron chi connectivity index (χ1n) is 5.14. The SMILES string of the molecule is O=C(O)c1cccc(Cn2nccc2CO)c1. The molecule has 0 aliphatic carbocycles. The van der Waals surface area contributed by atoms with Crippen molar-refractivity contribution in [2.75, 3.05) is 0 Å². The van der Waals surface area contributed by atoms with Gasteiger partial charge in [0.25, 0.3) is 0 Å². The molecule has 2 rings (SSSR count). The highest BCUT2D eigenvalue weighted by Crippen LogP contribution is 2.09. The molecule has 0 saturated heterocycles. The average Bonchev–Trinajstić information content (AvgIpc) is 2.76. The van der Waals surface area contributed by atoms with Crippen molar-refractivity contribution in [3.63, 3.8) is 0 Å². The number of nitrogens with zero attached hydrogens (tertiary/aromatic N) is 2. The number of carboxylic acid groups (broad SMARTS) is 1. The lowest BCUT2D eigenvalue weighted by Gasteiger charge is -2.06. The quantitative estimate of drug-likeness (QED) is 0.828. The summed E-state index contributed by atoms with van der Waals surface area (Å²) in [6.45, 7) is 0.364. The highest BCUT2D eigenvalue weighted by atomic mass is 16.4. The highest BCUT2D eigenvalue weighted by molar-refractivity contribution is 5.87. The van der Waals surface area contributed by atoms with E-state index in [0.717, 1.165) is 5.56 Å². The van der Waals surface area contributed by atoms with Gasteiger partial charge in [0.1, 0.15) is 0 Å². The van der Waals surface area contributed by atoms with E-state index in [2.05, 4.69) is 5.10 Å². The number of carbonyl (C=O) groups is 1. The van der Waals surface area contributed by atoms with Crippen LogP contribution in [0.1, 0.15) is 21.6 Å². The number of carboxylic acids is 1. The van der Waals surface area contributed by atoms with Gasteiger partial charge in [-0.15, -0.1) is 0 Å². The van der Waals surface area contributed by atoms with Crippen LogP contribution < -0.4 is 0 Å². The summed E-state index contributed by atoms with van der Waals surface area (Å²) in [6.07, 6.45) is 1.60. The highest BCUT2D eigenvalue weighted by Gasteiger charge is 2.05. The van der Waals surface area contributed by atoms with Gasteiger partial charge in [0, 0.05) is 6.20 Å². The monoisotopic (exact) mass is 232 g/mol. The molecule has 0 aliphatic heterocycles. The first-order valence-corrected chi connectivity index (χ1v) is 5.14. The van der Waals surface area contributed by atoms with E-state index in [4.69, 9.17) is 10.2 Å². The number of aliphatic hydroxyl groups is 1. The van der Waals surface area contributed by atoms with Gasteiger partial charge in [0.05, 0.1) is 24.4 Å². The van der Waals surface area contributed by atoms with Crippen LogP contribution in [-0.4, -0.2) is 26.0 Å². The third kappa shape index (κ3) is 2.51. The molecule has 0 aliphatic rings. The lowest BCUT2D eigenvalue weighted by Crippen LogP contribution is -2.07. The van der Waals surface area contributed by atoms with Gasteiger partial charge in [0.15, 0.2) is 0 Å². The van der Waals surface area contributed by atoms with E-state index in [-0.39, 0.29) is 12.2 Å². The molecule has 2 N–H and O–H groups in total. The second kappa shape index (κ2) is 4.80. The minimum absolute atomic E-state index is 0.0847. The van der Waals surface area contributed by atoms with Crippen molar-refractivity contribution in [3.05, 3.63) is 53.3 Å². The first-order chi connectivity index (χ1) is 8.20. The van der Waals surface area contributed by atoms with Gasteiger partial charge in [0.2, 0.25) is 0 Å². The lowest BCUT2D eigenvalue weighted by atomic mass is 10.1. The molecular formula is C12H12N2O3. The largest absolute Gasteiger partial charge is 0.478 e. The maximum atomic E-state index is 10.8. The molecular weight excluding hydrogens is 220 g/mol. The first kappa shape index (κ1) is 11.3. The van der Waals surface area contributed by atoms with Gasteiger partial charge in [-0.05, 0) is 23.8 Å². The van der Waals surface area contributed by atoms with Crippen LogP contribution in [0.5, 0.6) is 0 Å². The molecule has 1 aromatic carbocycles. The molecule has 0 spiro atoms. The van der Waals surface area contributed by atoms with Crippen molar-refractivity contribution in [1.29, 1.82) is 0 Å². The second-order valence-electron chi connectivity index (χ2n) is 3.64. The minimum Gasteiger partial charge on any atom is -0.478 e. The number of rotatable bonds is 4. The molecule has 0 atom stereocenters. The summed E-state index contributed by atoms with van der Waals surface area (Å²) < 4.78 is 1.64. The van der Waals surface area contributed by atoms with E-state index in [9.17, 15) is 4.79 Å². The predicted octanol–water partition coefficient (Wildman–Crippen LogP) is 1.12. The number of hydrogen-bond acceptors (Lipinski definition) is 3. The second-order valence-corrected chi connectivity index (χ2v) is 3.64. The maximum Gasteiger partial charge on any atom is 0.335 e. The number of aromatic nitrogens is 2. The lowest BCUT2D eigenvalue weighted by molar-refractivity contribution is 0.0696. The Morgan fingerprint density at radius 2 is 2.18 bits per heavy atom.